The standard InChI is InChI=1S/C20H24N2O8S2/c1-13-18(20(23)28-3)19(14(2)30-13)32(26,27)22-9-7-21(8-10-22)31(24,25)16-4-5-17-15(12-16)6-11-29-17/h4-5,12H,6-11H2,1-3H3. The van der Waals surface area contributed by atoms with Gasteiger partial charge < -0.3 is 13.9 Å². The van der Waals surface area contributed by atoms with E-state index in [9.17, 15) is 21.6 Å². The first-order valence-electron chi connectivity index (χ1n) is 10.0. The average molecular weight is 485 g/mol. The van der Waals surface area contributed by atoms with E-state index in [2.05, 4.69) is 0 Å². The number of carbonyl (C=O) groups is 1. The van der Waals surface area contributed by atoms with Gasteiger partial charge in [0.1, 0.15) is 27.7 Å². The maximum absolute atomic E-state index is 13.3. The fourth-order valence-corrected chi connectivity index (χ4v) is 7.33. The van der Waals surface area contributed by atoms with Crippen LogP contribution in [0.5, 0.6) is 5.75 Å². The van der Waals surface area contributed by atoms with Crippen molar-refractivity contribution in [1.82, 2.24) is 8.61 Å². The van der Waals surface area contributed by atoms with Gasteiger partial charge in [-0.1, -0.05) is 0 Å². The molecule has 2 aliphatic rings. The highest BCUT2D eigenvalue weighted by molar-refractivity contribution is 7.89. The van der Waals surface area contributed by atoms with E-state index < -0.39 is 26.0 Å². The average Bonchev–Trinajstić information content (AvgIpc) is 3.36. The molecule has 0 unspecified atom stereocenters. The molecule has 1 aromatic heterocycles. The lowest BCUT2D eigenvalue weighted by Crippen LogP contribution is -2.50. The van der Waals surface area contributed by atoms with Gasteiger partial charge in [-0.2, -0.15) is 8.61 Å². The molecular weight excluding hydrogens is 460 g/mol. The lowest BCUT2D eigenvalue weighted by molar-refractivity contribution is 0.0594. The molecule has 0 amide bonds. The van der Waals surface area contributed by atoms with Crippen LogP contribution < -0.4 is 4.74 Å². The van der Waals surface area contributed by atoms with E-state index in [1.807, 2.05) is 0 Å². The number of carbonyl (C=O) groups excluding carboxylic acids is 1. The Morgan fingerprint density at radius 3 is 2.22 bits per heavy atom. The van der Waals surface area contributed by atoms with Crippen molar-refractivity contribution < 1.29 is 35.5 Å². The van der Waals surface area contributed by atoms with E-state index >= 15 is 0 Å². The summed E-state index contributed by atoms with van der Waals surface area (Å²) in [5.74, 6) is 0.111. The largest absolute Gasteiger partial charge is 0.493 e. The summed E-state index contributed by atoms with van der Waals surface area (Å²) in [4.78, 5) is 12.1. The molecule has 0 N–H and O–H groups in total. The van der Waals surface area contributed by atoms with Crippen LogP contribution in [0.15, 0.2) is 32.4 Å². The summed E-state index contributed by atoms with van der Waals surface area (Å²) in [6.07, 6.45) is 0.650. The van der Waals surface area contributed by atoms with Crippen molar-refractivity contribution in [2.45, 2.75) is 30.1 Å². The van der Waals surface area contributed by atoms with Gasteiger partial charge in [0, 0.05) is 32.6 Å². The smallest absolute Gasteiger partial charge is 0.342 e. The van der Waals surface area contributed by atoms with Gasteiger partial charge in [0.15, 0.2) is 0 Å². The molecule has 12 heteroatoms. The number of sulfonamides is 2. The molecule has 2 aromatic rings. The summed E-state index contributed by atoms with van der Waals surface area (Å²) in [7, 11) is -6.72. The molecule has 1 saturated heterocycles. The minimum Gasteiger partial charge on any atom is -0.493 e. The second-order valence-corrected chi connectivity index (χ2v) is 11.4. The van der Waals surface area contributed by atoms with Crippen molar-refractivity contribution in [3.63, 3.8) is 0 Å². The van der Waals surface area contributed by atoms with Crippen molar-refractivity contribution in [1.29, 1.82) is 0 Å². The number of piperazine rings is 1. The number of furan rings is 1. The number of benzene rings is 1. The quantitative estimate of drug-likeness (QED) is 0.582. The zero-order valence-corrected chi connectivity index (χ0v) is 19.6. The fraction of sp³-hybridized carbons (Fsp3) is 0.450. The molecule has 3 heterocycles. The van der Waals surface area contributed by atoms with Gasteiger partial charge in [-0.3, -0.25) is 0 Å². The minimum atomic E-state index is -4.10. The van der Waals surface area contributed by atoms with Crippen LogP contribution in [0.3, 0.4) is 0 Å². The highest BCUT2D eigenvalue weighted by Crippen LogP contribution is 2.32. The molecule has 10 nitrogen and oxygen atoms in total. The van der Waals surface area contributed by atoms with Crippen molar-refractivity contribution in [3.8, 4) is 5.75 Å². The van der Waals surface area contributed by atoms with E-state index in [0.717, 1.165) is 12.7 Å². The van der Waals surface area contributed by atoms with E-state index in [4.69, 9.17) is 13.9 Å². The Bertz CT molecular complexity index is 1270. The van der Waals surface area contributed by atoms with Gasteiger partial charge in [0.25, 0.3) is 0 Å². The third kappa shape index (κ3) is 3.70. The number of hydrogen-bond acceptors (Lipinski definition) is 8. The van der Waals surface area contributed by atoms with E-state index in [0.29, 0.717) is 18.8 Å². The maximum atomic E-state index is 13.3. The molecule has 0 aliphatic carbocycles. The first kappa shape index (κ1) is 22.8. The summed E-state index contributed by atoms with van der Waals surface area (Å²) in [5.41, 5.74) is 0.703. The molecule has 4 rings (SSSR count). The maximum Gasteiger partial charge on any atom is 0.342 e. The molecule has 1 fully saturated rings. The Hall–Kier alpha value is -2.41. The molecule has 1 aromatic carbocycles. The zero-order valence-electron chi connectivity index (χ0n) is 18.0. The first-order chi connectivity index (χ1) is 15.1. The summed E-state index contributed by atoms with van der Waals surface area (Å²) in [6.45, 7) is 3.34. The summed E-state index contributed by atoms with van der Waals surface area (Å²) in [5, 5.41) is 0. The predicted octanol–water partition coefficient (Wildman–Crippen LogP) is 1.31. The number of aryl methyl sites for hydroxylation is 2. The number of ether oxygens (including phenoxy) is 2. The number of methoxy groups -OCH3 is 1. The Balaban J connectivity index is 1.56. The van der Waals surface area contributed by atoms with E-state index in [1.165, 1.54) is 28.5 Å². The van der Waals surface area contributed by atoms with Crippen LogP contribution in [0.1, 0.15) is 27.4 Å². The fourth-order valence-electron chi connectivity index (χ4n) is 4.06. The second-order valence-electron chi connectivity index (χ2n) is 7.59. The van der Waals surface area contributed by atoms with Crippen LogP contribution in [0.2, 0.25) is 0 Å². The molecule has 2 aliphatic heterocycles. The number of esters is 1. The third-order valence-corrected chi connectivity index (χ3v) is 9.64. The molecule has 174 valence electrons. The predicted molar refractivity (Wildman–Crippen MR) is 113 cm³/mol. The monoisotopic (exact) mass is 484 g/mol. The summed E-state index contributed by atoms with van der Waals surface area (Å²) in [6, 6.07) is 4.76. The lowest BCUT2D eigenvalue weighted by atomic mass is 10.2. The van der Waals surface area contributed by atoms with Crippen LogP contribution in [-0.4, -0.2) is 71.3 Å². The van der Waals surface area contributed by atoms with Crippen LogP contribution in [-0.2, 0) is 31.2 Å². The Morgan fingerprint density at radius 1 is 0.969 bits per heavy atom. The highest BCUT2D eigenvalue weighted by atomic mass is 32.2. The van der Waals surface area contributed by atoms with Gasteiger partial charge >= 0.3 is 5.97 Å². The molecule has 0 radical (unpaired) electrons. The van der Waals surface area contributed by atoms with Gasteiger partial charge in [-0.15, -0.1) is 0 Å². The van der Waals surface area contributed by atoms with Gasteiger partial charge in [-0.05, 0) is 37.6 Å². The second kappa shape index (κ2) is 8.18. The molecule has 0 bridgehead atoms. The van der Waals surface area contributed by atoms with E-state index in [1.54, 1.807) is 12.1 Å². The summed E-state index contributed by atoms with van der Waals surface area (Å²) >= 11 is 0. The zero-order chi connectivity index (χ0) is 23.3. The Morgan fingerprint density at radius 2 is 1.59 bits per heavy atom. The highest BCUT2D eigenvalue weighted by Gasteiger charge is 2.39. The van der Waals surface area contributed by atoms with Crippen LogP contribution in [0.4, 0.5) is 0 Å². The molecule has 32 heavy (non-hydrogen) atoms. The number of nitrogens with zero attached hydrogens (tertiary/aromatic N) is 2. The molecule has 0 spiro atoms. The molecule has 0 saturated carbocycles. The van der Waals surface area contributed by atoms with Gasteiger partial charge in [-0.25, -0.2) is 21.6 Å². The van der Waals surface area contributed by atoms with Gasteiger partial charge in [0.05, 0.1) is 18.6 Å². The van der Waals surface area contributed by atoms with E-state index in [-0.39, 0.29) is 53.1 Å². The normalized spacial score (nSPS) is 17.7. The number of rotatable bonds is 5. The number of hydrogen-bond donors (Lipinski definition) is 0. The Labute approximate surface area is 186 Å². The summed E-state index contributed by atoms with van der Waals surface area (Å²) < 4.78 is 70.7. The van der Waals surface area contributed by atoms with Crippen LogP contribution >= 0.6 is 0 Å². The van der Waals surface area contributed by atoms with Crippen molar-refractivity contribution in [2.24, 2.45) is 0 Å². The first-order valence-corrected chi connectivity index (χ1v) is 12.9. The molecule has 0 atom stereocenters. The minimum absolute atomic E-state index is 0.0153. The van der Waals surface area contributed by atoms with Gasteiger partial charge in [0.2, 0.25) is 20.0 Å². The van der Waals surface area contributed by atoms with Crippen LogP contribution in [0, 0.1) is 13.8 Å². The van der Waals surface area contributed by atoms with Crippen LogP contribution in [0.25, 0.3) is 0 Å². The Kier molecular flexibility index (Phi) is 5.82. The third-order valence-electron chi connectivity index (χ3n) is 5.69. The van der Waals surface area contributed by atoms with Crippen molar-refractivity contribution in [3.05, 3.63) is 40.8 Å². The SMILES string of the molecule is COC(=O)c1c(C)oc(C)c1S(=O)(=O)N1CCN(S(=O)(=O)c2ccc3c(c2)CCO3)CC1. The van der Waals surface area contributed by atoms with Crippen molar-refractivity contribution >= 4 is 26.0 Å². The number of fused-ring (bicyclic) bond motifs is 1. The topological polar surface area (TPSA) is 123 Å². The lowest BCUT2D eigenvalue weighted by Gasteiger charge is -2.33. The van der Waals surface area contributed by atoms with Crippen molar-refractivity contribution in [2.75, 3.05) is 39.9 Å². The molecular formula is C20H24N2O8S2.